The molecule has 1 rings (SSSR count). The van der Waals surface area contributed by atoms with Crippen molar-refractivity contribution in [2.24, 2.45) is 0 Å². The number of hydrogen-bond donors (Lipinski definition) is 1. The summed E-state index contributed by atoms with van der Waals surface area (Å²) in [6, 6.07) is 0. The van der Waals surface area contributed by atoms with Gasteiger partial charge in [-0.2, -0.15) is 0 Å². The second-order valence-corrected chi connectivity index (χ2v) is 2.13. The monoisotopic (exact) mass is 130 g/mol. The first-order valence-electron chi connectivity index (χ1n) is 3.13. The van der Waals surface area contributed by atoms with Gasteiger partial charge in [-0.05, 0) is 6.92 Å². The molecule has 1 atom stereocenters. The molecule has 1 unspecified atom stereocenters. The Bertz CT molecular complexity index is 79.1. The highest BCUT2D eigenvalue weighted by molar-refractivity contribution is 4.65. The number of nitrogens with zero attached hydrogens (tertiary/aromatic N) is 1. The number of morpholine rings is 1. The minimum Gasteiger partial charge on any atom is -0.379 e. The molecule has 1 saturated heterocycles. The summed E-state index contributed by atoms with van der Waals surface area (Å²) in [4.78, 5) is 1.88. The molecule has 0 aromatic carbocycles. The Balaban J connectivity index is 2.23. The van der Waals surface area contributed by atoms with Crippen LogP contribution >= 0.6 is 0 Å². The number of rotatable bonds is 1. The van der Waals surface area contributed by atoms with Crippen LogP contribution in [0.4, 0.5) is 0 Å². The molecule has 0 spiro atoms. The van der Waals surface area contributed by atoms with Crippen molar-refractivity contribution in [3.63, 3.8) is 0 Å². The molecule has 1 N–H and O–H groups in total. The Morgan fingerprint density at radius 1 is 1.44 bits per heavy atom. The van der Waals surface area contributed by atoms with Gasteiger partial charge in [0.1, 0.15) is 6.23 Å². The van der Waals surface area contributed by atoms with Crippen molar-refractivity contribution < 1.29 is 9.84 Å². The number of aliphatic hydroxyl groups is 1. The van der Waals surface area contributed by atoms with Crippen molar-refractivity contribution in [1.29, 1.82) is 0 Å². The van der Waals surface area contributed by atoms with E-state index in [2.05, 4.69) is 6.92 Å². The summed E-state index contributed by atoms with van der Waals surface area (Å²) in [6.07, 6.45) is -0.561. The van der Waals surface area contributed by atoms with Gasteiger partial charge in [-0.3, -0.25) is 4.90 Å². The summed E-state index contributed by atoms with van der Waals surface area (Å²) in [5.74, 6) is 0. The predicted octanol–water partition coefficient (Wildman–Crippen LogP) is -0.529. The second-order valence-electron chi connectivity index (χ2n) is 2.13. The minimum atomic E-state index is -0.561. The van der Waals surface area contributed by atoms with E-state index >= 15 is 0 Å². The van der Waals surface area contributed by atoms with Gasteiger partial charge in [0.2, 0.25) is 0 Å². The van der Waals surface area contributed by atoms with Gasteiger partial charge < -0.3 is 9.84 Å². The molecular weight excluding hydrogens is 118 g/mol. The van der Waals surface area contributed by atoms with Gasteiger partial charge in [-0.15, -0.1) is 0 Å². The lowest BCUT2D eigenvalue weighted by Crippen LogP contribution is -2.42. The maximum Gasteiger partial charge on any atom is 0.107 e. The van der Waals surface area contributed by atoms with Gasteiger partial charge >= 0.3 is 0 Å². The second kappa shape index (κ2) is 3.15. The highest BCUT2D eigenvalue weighted by Gasteiger charge is 2.13. The number of hydrogen-bond acceptors (Lipinski definition) is 3. The van der Waals surface area contributed by atoms with Crippen LogP contribution in [0.25, 0.3) is 0 Å². The van der Waals surface area contributed by atoms with Crippen molar-refractivity contribution in [2.45, 2.75) is 6.23 Å². The SMILES string of the molecule is [CH2]C(O)N1CCOCC1. The zero-order chi connectivity index (χ0) is 6.69. The fourth-order valence-corrected chi connectivity index (χ4v) is 0.876. The number of ether oxygens (including phenoxy) is 1. The van der Waals surface area contributed by atoms with E-state index in [1.54, 1.807) is 0 Å². The zero-order valence-electron chi connectivity index (χ0n) is 5.42. The van der Waals surface area contributed by atoms with E-state index in [4.69, 9.17) is 9.84 Å². The van der Waals surface area contributed by atoms with Crippen LogP contribution in [-0.2, 0) is 4.74 Å². The maximum atomic E-state index is 8.94. The van der Waals surface area contributed by atoms with Crippen LogP contribution in [0.15, 0.2) is 0 Å². The first-order valence-corrected chi connectivity index (χ1v) is 3.13. The molecule has 9 heavy (non-hydrogen) atoms. The molecule has 53 valence electrons. The van der Waals surface area contributed by atoms with Crippen LogP contribution in [0.1, 0.15) is 0 Å². The first kappa shape index (κ1) is 6.99. The largest absolute Gasteiger partial charge is 0.379 e. The molecule has 3 heteroatoms. The van der Waals surface area contributed by atoms with Gasteiger partial charge in [0.05, 0.1) is 13.2 Å². The molecule has 1 aliphatic heterocycles. The van der Waals surface area contributed by atoms with Crippen LogP contribution in [-0.4, -0.2) is 42.5 Å². The summed E-state index contributed by atoms with van der Waals surface area (Å²) in [5, 5.41) is 8.94. The van der Waals surface area contributed by atoms with E-state index in [1.807, 2.05) is 4.90 Å². The van der Waals surface area contributed by atoms with Crippen LogP contribution in [0, 0.1) is 6.92 Å². The quantitative estimate of drug-likeness (QED) is 0.518. The normalized spacial score (nSPS) is 26.0. The summed E-state index contributed by atoms with van der Waals surface area (Å²) < 4.78 is 5.07. The first-order chi connectivity index (χ1) is 4.30. The molecule has 1 radical (unpaired) electrons. The molecule has 0 amide bonds. The highest BCUT2D eigenvalue weighted by Crippen LogP contribution is 1.98. The van der Waals surface area contributed by atoms with E-state index < -0.39 is 6.23 Å². The van der Waals surface area contributed by atoms with Crippen molar-refractivity contribution in [3.8, 4) is 0 Å². The molecule has 0 aromatic heterocycles. The van der Waals surface area contributed by atoms with Gasteiger partial charge in [-0.25, -0.2) is 0 Å². The minimum absolute atomic E-state index is 0.561. The van der Waals surface area contributed by atoms with Crippen LogP contribution < -0.4 is 0 Å². The third-order valence-corrected chi connectivity index (χ3v) is 1.47. The molecule has 0 saturated carbocycles. The topological polar surface area (TPSA) is 32.7 Å². The average Bonchev–Trinajstić information content (AvgIpc) is 1.90. The van der Waals surface area contributed by atoms with E-state index in [0.29, 0.717) is 13.2 Å². The molecule has 0 bridgehead atoms. The molecule has 1 fully saturated rings. The Labute approximate surface area is 55.2 Å². The van der Waals surface area contributed by atoms with Crippen LogP contribution in [0.5, 0.6) is 0 Å². The number of aliphatic hydroxyl groups excluding tert-OH is 1. The third kappa shape index (κ3) is 1.93. The van der Waals surface area contributed by atoms with E-state index in [-0.39, 0.29) is 0 Å². The maximum absolute atomic E-state index is 8.94. The summed E-state index contributed by atoms with van der Waals surface area (Å²) >= 11 is 0. The lowest BCUT2D eigenvalue weighted by atomic mass is 10.4. The Hall–Kier alpha value is -0.120. The third-order valence-electron chi connectivity index (χ3n) is 1.47. The zero-order valence-corrected chi connectivity index (χ0v) is 5.42. The average molecular weight is 130 g/mol. The Kier molecular flexibility index (Phi) is 2.45. The summed E-state index contributed by atoms with van der Waals surface area (Å²) in [6.45, 7) is 6.51. The van der Waals surface area contributed by atoms with Crippen molar-refractivity contribution in [1.82, 2.24) is 4.90 Å². The molecule has 0 aliphatic carbocycles. The fraction of sp³-hybridized carbons (Fsp3) is 0.833. The molecular formula is C6H12NO2. The van der Waals surface area contributed by atoms with E-state index in [1.165, 1.54) is 0 Å². The van der Waals surface area contributed by atoms with Crippen LogP contribution in [0.3, 0.4) is 0 Å². The smallest absolute Gasteiger partial charge is 0.107 e. The predicted molar refractivity (Wildman–Crippen MR) is 33.8 cm³/mol. The molecule has 3 nitrogen and oxygen atoms in total. The molecule has 1 aliphatic rings. The molecule has 1 heterocycles. The van der Waals surface area contributed by atoms with E-state index in [9.17, 15) is 0 Å². The van der Waals surface area contributed by atoms with E-state index in [0.717, 1.165) is 13.1 Å². The standard InChI is InChI=1S/C6H12NO2/c1-6(8)7-2-4-9-5-3-7/h6,8H,1-5H2. The van der Waals surface area contributed by atoms with Gasteiger partial charge in [0.15, 0.2) is 0 Å². The van der Waals surface area contributed by atoms with Crippen LogP contribution in [0.2, 0.25) is 0 Å². The summed E-state index contributed by atoms with van der Waals surface area (Å²) in [7, 11) is 0. The summed E-state index contributed by atoms with van der Waals surface area (Å²) in [5.41, 5.74) is 0. The van der Waals surface area contributed by atoms with Crippen molar-refractivity contribution in [2.75, 3.05) is 26.3 Å². The van der Waals surface area contributed by atoms with Crippen molar-refractivity contribution in [3.05, 3.63) is 6.92 Å². The lowest BCUT2D eigenvalue weighted by molar-refractivity contribution is -0.0372. The van der Waals surface area contributed by atoms with Gasteiger partial charge in [0.25, 0.3) is 0 Å². The van der Waals surface area contributed by atoms with Crippen molar-refractivity contribution >= 4 is 0 Å². The Morgan fingerprint density at radius 2 is 2.00 bits per heavy atom. The molecule has 0 aromatic rings. The van der Waals surface area contributed by atoms with Gasteiger partial charge in [0, 0.05) is 13.1 Å². The highest BCUT2D eigenvalue weighted by atomic mass is 16.5. The lowest BCUT2D eigenvalue weighted by Gasteiger charge is -2.28. The van der Waals surface area contributed by atoms with Gasteiger partial charge in [-0.1, -0.05) is 0 Å². The Morgan fingerprint density at radius 3 is 2.33 bits per heavy atom. The fourth-order valence-electron chi connectivity index (χ4n) is 0.876.